The number of aryl methyl sites for hydroxylation is 1. The fourth-order valence-electron chi connectivity index (χ4n) is 0.730. The monoisotopic (exact) mass is 142 g/mol. The first kappa shape index (κ1) is 6.75. The Morgan fingerprint density at radius 1 is 1.56 bits per heavy atom. The molecule has 2 heteroatoms. The first-order chi connectivity index (χ1) is 4.43. The van der Waals surface area contributed by atoms with Gasteiger partial charge in [0.2, 0.25) is 5.51 Å². The number of unbranched alkanes of at least 4 members (excludes halogenated alkanes) is 1. The zero-order valence-corrected chi connectivity index (χ0v) is 6.53. The number of aromatic nitrogens is 1. The quantitative estimate of drug-likeness (QED) is 0.567. The molecule has 0 unspecified atom stereocenters. The van der Waals surface area contributed by atoms with Crippen LogP contribution in [-0.4, -0.2) is 0 Å². The highest BCUT2D eigenvalue weighted by Crippen LogP contribution is 1.90. The van der Waals surface area contributed by atoms with Crippen molar-refractivity contribution in [2.24, 2.45) is 0 Å². The van der Waals surface area contributed by atoms with Crippen LogP contribution in [0.15, 0.2) is 17.1 Å². The molecule has 1 nitrogen and oxygen atoms in total. The summed E-state index contributed by atoms with van der Waals surface area (Å²) in [4.78, 5) is 0. The molecule has 0 aromatic carbocycles. The molecule has 1 rings (SSSR count). The van der Waals surface area contributed by atoms with Gasteiger partial charge in [0, 0.05) is 6.42 Å². The number of rotatable bonds is 3. The van der Waals surface area contributed by atoms with Crippen LogP contribution in [0.4, 0.5) is 0 Å². The number of hydrogen-bond donors (Lipinski definition) is 0. The summed E-state index contributed by atoms with van der Waals surface area (Å²) in [5.74, 6) is 0. The molecule has 50 valence electrons. The van der Waals surface area contributed by atoms with Crippen molar-refractivity contribution in [1.82, 2.24) is 0 Å². The number of hydrogen-bond acceptors (Lipinski definition) is 1. The van der Waals surface area contributed by atoms with Crippen molar-refractivity contribution in [2.45, 2.75) is 26.3 Å². The zero-order chi connectivity index (χ0) is 6.53. The van der Waals surface area contributed by atoms with Gasteiger partial charge in [-0.2, -0.15) is 4.57 Å². The predicted molar refractivity (Wildman–Crippen MR) is 39.4 cm³/mol. The highest BCUT2D eigenvalue weighted by atomic mass is 32.1. The zero-order valence-electron chi connectivity index (χ0n) is 5.71. The molecule has 9 heavy (non-hydrogen) atoms. The van der Waals surface area contributed by atoms with E-state index >= 15 is 0 Å². The van der Waals surface area contributed by atoms with Crippen LogP contribution in [0, 0.1) is 0 Å². The van der Waals surface area contributed by atoms with Gasteiger partial charge in [-0.15, -0.1) is 0 Å². The van der Waals surface area contributed by atoms with Crippen molar-refractivity contribution in [3.05, 3.63) is 17.1 Å². The highest BCUT2D eigenvalue weighted by molar-refractivity contribution is 7.07. The van der Waals surface area contributed by atoms with Crippen molar-refractivity contribution in [1.29, 1.82) is 0 Å². The summed E-state index contributed by atoms with van der Waals surface area (Å²) >= 11 is 1.75. The van der Waals surface area contributed by atoms with Crippen LogP contribution < -0.4 is 4.57 Å². The predicted octanol–water partition coefficient (Wildman–Crippen LogP) is 1.84. The Balaban J connectivity index is 2.30. The molecule has 0 N–H and O–H groups in total. The largest absolute Gasteiger partial charge is 0.224 e. The molecule has 0 amide bonds. The molecular weight excluding hydrogens is 130 g/mol. The third kappa shape index (κ3) is 2.14. The first-order valence-corrected chi connectivity index (χ1v) is 4.29. The van der Waals surface area contributed by atoms with Crippen molar-refractivity contribution < 1.29 is 4.57 Å². The van der Waals surface area contributed by atoms with Crippen molar-refractivity contribution in [2.75, 3.05) is 0 Å². The van der Waals surface area contributed by atoms with E-state index in [0.29, 0.717) is 0 Å². The minimum absolute atomic E-state index is 1.18. The van der Waals surface area contributed by atoms with E-state index in [0.717, 1.165) is 0 Å². The maximum Gasteiger partial charge on any atom is 0.224 e. The summed E-state index contributed by atoms with van der Waals surface area (Å²) in [5, 5.41) is 2.11. The van der Waals surface area contributed by atoms with Gasteiger partial charge in [-0.3, -0.25) is 0 Å². The average molecular weight is 142 g/mol. The summed E-state index contributed by atoms with van der Waals surface area (Å²) in [6.45, 7) is 3.40. The lowest BCUT2D eigenvalue weighted by Crippen LogP contribution is -2.29. The summed E-state index contributed by atoms with van der Waals surface area (Å²) in [6.07, 6.45) is 4.70. The van der Waals surface area contributed by atoms with Gasteiger partial charge in [-0.05, 0) is 0 Å². The van der Waals surface area contributed by atoms with Crippen LogP contribution in [0.5, 0.6) is 0 Å². The second-order valence-corrected chi connectivity index (χ2v) is 2.87. The molecule has 1 aromatic rings. The van der Waals surface area contributed by atoms with E-state index in [1.54, 1.807) is 11.3 Å². The Kier molecular flexibility index (Phi) is 2.71. The molecule has 0 fully saturated rings. The third-order valence-corrected chi connectivity index (χ3v) is 1.97. The van der Waals surface area contributed by atoms with E-state index in [1.165, 1.54) is 19.4 Å². The maximum atomic E-state index is 2.23. The Morgan fingerprint density at radius 2 is 2.44 bits per heavy atom. The highest BCUT2D eigenvalue weighted by Gasteiger charge is 1.95. The second kappa shape index (κ2) is 3.62. The standard InChI is InChI=1S/C7H12NS/c1-2-3-4-8-5-6-9-7-8/h5-7H,2-4H2,1H3/q+1. The van der Waals surface area contributed by atoms with Crippen LogP contribution in [-0.2, 0) is 6.54 Å². The molecule has 0 saturated carbocycles. The van der Waals surface area contributed by atoms with E-state index in [2.05, 4.69) is 28.6 Å². The fraction of sp³-hybridized carbons (Fsp3) is 0.571. The molecule has 0 saturated heterocycles. The van der Waals surface area contributed by atoms with Crippen molar-refractivity contribution in [3.63, 3.8) is 0 Å². The van der Waals surface area contributed by atoms with Gasteiger partial charge in [0.1, 0.15) is 6.54 Å². The topological polar surface area (TPSA) is 3.88 Å². The normalized spacial score (nSPS) is 9.89. The van der Waals surface area contributed by atoms with Gasteiger partial charge in [0.25, 0.3) is 0 Å². The third-order valence-electron chi connectivity index (χ3n) is 1.30. The molecule has 0 aliphatic rings. The molecule has 0 bridgehead atoms. The van der Waals surface area contributed by atoms with Crippen molar-refractivity contribution >= 4 is 11.3 Å². The molecule has 0 aliphatic heterocycles. The van der Waals surface area contributed by atoms with E-state index in [9.17, 15) is 0 Å². The Bertz CT molecular complexity index is 146. The van der Waals surface area contributed by atoms with Crippen LogP contribution in [0.25, 0.3) is 0 Å². The lowest BCUT2D eigenvalue weighted by atomic mass is 10.3. The van der Waals surface area contributed by atoms with Crippen LogP contribution in [0.1, 0.15) is 19.8 Å². The molecule has 0 atom stereocenters. The minimum atomic E-state index is 1.18. The summed E-state index contributed by atoms with van der Waals surface area (Å²) in [5.41, 5.74) is 2.15. The Morgan fingerprint density at radius 3 is 3.00 bits per heavy atom. The van der Waals surface area contributed by atoms with Crippen LogP contribution in [0.2, 0.25) is 0 Å². The molecule has 1 heterocycles. The smallest absolute Gasteiger partial charge is 0.195 e. The van der Waals surface area contributed by atoms with E-state index in [-0.39, 0.29) is 0 Å². The molecule has 1 aromatic heterocycles. The van der Waals surface area contributed by atoms with Gasteiger partial charge in [0.05, 0.1) is 5.38 Å². The number of nitrogens with zero attached hydrogens (tertiary/aromatic N) is 1. The lowest BCUT2D eigenvalue weighted by molar-refractivity contribution is -0.692. The van der Waals surface area contributed by atoms with Gasteiger partial charge < -0.3 is 0 Å². The summed E-state index contributed by atoms with van der Waals surface area (Å²) < 4.78 is 2.23. The Hall–Kier alpha value is -0.370. The second-order valence-electron chi connectivity index (χ2n) is 2.12. The maximum absolute atomic E-state index is 2.23. The lowest BCUT2D eigenvalue weighted by Gasteiger charge is -1.86. The van der Waals surface area contributed by atoms with Gasteiger partial charge >= 0.3 is 0 Å². The van der Waals surface area contributed by atoms with Gasteiger partial charge in [0.15, 0.2) is 6.20 Å². The molecular formula is C7H12NS+. The van der Waals surface area contributed by atoms with Crippen LogP contribution >= 0.6 is 11.3 Å². The average Bonchev–Trinajstić information content (AvgIpc) is 2.34. The summed E-state index contributed by atoms with van der Waals surface area (Å²) in [7, 11) is 0. The van der Waals surface area contributed by atoms with E-state index < -0.39 is 0 Å². The van der Waals surface area contributed by atoms with Gasteiger partial charge in [-0.25, -0.2) is 0 Å². The van der Waals surface area contributed by atoms with Crippen LogP contribution in [0.3, 0.4) is 0 Å². The summed E-state index contributed by atoms with van der Waals surface area (Å²) in [6, 6.07) is 0. The molecule has 0 radical (unpaired) electrons. The number of thiazole rings is 1. The minimum Gasteiger partial charge on any atom is -0.195 e. The Labute approximate surface area is 60.0 Å². The SMILES string of the molecule is CCCC[n+]1ccsc1. The molecule has 0 aliphatic carbocycles. The van der Waals surface area contributed by atoms with E-state index in [4.69, 9.17) is 0 Å². The van der Waals surface area contributed by atoms with E-state index in [1.807, 2.05) is 0 Å². The first-order valence-electron chi connectivity index (χ1n) is 3.34. The fourth-order valence-corrected chi connectivity index (χ4v) is 1.36. The molecule has 0 spiro atoms. The van der Waals surface area contributed by atoms with Gasteiger partial charge in [-0.1, -0.05) is 24.7 Å². The van der Waals surface area contributed by atoms with Crippen molar-refractivity contribution in [3.8, 4) is 0 Å².